The minimum atomic E-state index is 0.361. The monoisotopic (exact) mass is 295 g/mol. The van der Waals surface area contributed by atoms with Gasteiger partial charge in [0.1, 0.15) is 24.2 Å². The lowest BCUT2D eigenvalue weighted by molar-refractivity contribution is 0.0179. The van der Waals surface area contributed by atoms with Gasteiger partial charge in [-0.2, -0.15) is 5.26 Å². The van der Waals surface area contributed by atoms with E-state index in [-0.39, 0.29) is 0 Å². The van der Waals surface area contributed by atoms with Crippen molar-refractivity contribution in [2.75, 3.05) is 53.9 Å². The highest BCUT2D eigenvalue weighted by atomic mass is 16.6. The first kappa shape index (κ1) is 17.2. The number of rotatable bonds is 11. The third-order valence-corrected chi connectivity index (χ3v) is 2.60. The van der Waals surface area contributed by atoms with Gasteiger partial charge in [0.2, 0.25) is 0 Å². The van der Waals surface area contributed by atoms with Gasteiger partial charge in [-0.1, -0.05) is 0 Å². The number of hydrogen-bond donors (Lipinski definition) is 0. The molecule has 21 heavy (non-hydrogen) atoms. The number of nitriles is 1. The molecule has 0 spiro atoms. The van der Waals surface area contributed by atoms with Gasteiger partial charge in [0.15, 0.2) is 0 Å². The topological polar surface area (TPSA) is 69.9 Å². The van der Waals surface area contributed by atoms with Crippen LogP contribution in [0.15, 0.2) is 18.2 Å². The number of methoxy groups -OCH3 is 2. The van der Waals surface area contributed by atoms with E-state index < -0.39 is 0 Å². The Bertz CT molecular complexity index is 444. The van der Waals surface area contributed by atoms with Gasteiger partial charge in [0, 0.05) is 13.2 Å². The molecule has 1 aromatic rings. The standard InChI is InChI=1S/C15H21NO5/c1-17-5-6-19-7-8-20-9-10-21-15-11-14(18-2)4-3-13(15)12-16/h3-4,11H,5-10H2,1-2H3. The summed E-state index contributed by atoms with van der Waals surface area (Å²) in [6.07, 6.45) is 0. The molecule has 0 fully saturated rings. The Morgan fingerprint density at radius 3 is 2.24 bits per heavy atom. The summed E-state index contributed by atoms with van der Waals surface area (Å²) in [5.74, 6) is 1.15. The van der Waals surface area contributed by atoms with Gasteiger partial charge in [-0.05, 0) is 12.1 Å². The molecule has 0 radical (unpaired) electrons. The van der Waals surface area contributed by atoms with Gasteiger partial charge in [-0.15, -0.1) is 0 Å². The fraction of sp³-hybridized carbons (Fsp3) is 0.533. The Kier molecular flexibility index (Phi) is 8.96. The molecule has 1 rings (SSSR count). The van der Waals surface area contributed by atoms with Crippen LogP contribution >= 0.6 is 0 Å². The fourth-order valence-electron chi connectivity index (χ4n) is 1.52. The maximum atomic E-state index is 9.00. The maximum absolute atomic E-state index is 9.00. The summed E-state index contributed by atoms with van der Waals surface area (Å²) in [5, 5.41) is 9.00. The molecule has 0 bridgehead atoms. The molecule has 0 N–H and O–H groups in total. The van der Waals surface area contributed by atoms with Crippen molar-refractivity contribution < 1.29 is 23.7 Å². The highest BCUT2D eigenvalue weighted by Crippen LogP contribution is 2.23. The van der Waals surface area contributed by atoms with E-state index in [1.807, 2.05) is 0 Å². The molecule has 0 aliphatic heterocycles. The van der Waals surface area contributed by atoms with Gasteiger partial charge < -0.3 is 23.7 Å². The van der Waals surface area contributed by atoms with Crippen LogP contribution in [0.2, 0.25) is 0 Å². The molecule has 0 atom stereocenters. The SMILES string of the molecule is COCCOCCOCCOc1cc(OC)ccc1C#N. The van der Waals surface area contributed by atoms with Crippen molar-refractivity contribution in [1.29, 1.82) is 5.26 Å². The highest BCUT2D eigenvalue weighted by Gasteiger charge is 2.05. The molecule has 6 heteroatoms. The number of nitrogens with zero attached hydrogens (tertiary/aromatic N) is 1. The van der Waals surface area contributed by atoms with Crippen molar-refractivity contribution in [3.63, 3.8) is 0 Å². The summed E-state index contributed by atoms with van der Waals surface area (Å²) >= 11 is 0. The van der Waals surface area contributed by atoms with Crippen LogP contribution in [0.5, 0.6) is 11.5 Å². The van der Waals surface area contributed by atoms with Crippen LogP contribution in [0, 0.1) is 11.3 Å². The van der Waals surface area contributed by atoms with Crippen LogP contribution < -0.4 is 9.47 Å². The Hall–Kier alpha value is -1.81. The van der Waals surface area contributed by atoms with Gasteiger partial charge in [-0.25, -0.2) is 0 Å². The Labute approximate surface area is 125 Å². The molecule has 0 saturated heterocycles. The van der Waals surface area contributed by atoms with Crippen LogP contribution in [0.25, 0.3) is 0 Å². The summed E-state index contributed by atoms with van der Waals surface area (Å²) in [7, 11) is 3.20. The summed E-state index contributed by atoms with van der Waals surface area (Å²) in [6.45, 7) is 2.94. The molecule has 0 amide bonds. The lowest BCUT2D eigenvalue weighted by Gasteiger charge is -2.10. The number of benzene rings is 1. The third-order valence-electron chi connectivity index (χ3n) is 2.60. The van der Waals surface area contributed by atoms with E-state index in [0.29, 0.717) is 56.7 Å². The largest absolute Gasteiger partial charge is 0.497 e. The summed E-state index contributed by atoms with van der Waals surface area (Å²) in [6, 6.07) is 7.15. The third kappa shape index (κ3) is 6.95. The first-order chi connectivity index (χ1) is 10.3. The first-order valence-corrected chi connectivity index (χ1v) is 6.67. The zero-order chi connectivity index (χ0) is 15.3. The number of ether oxygens (including phenoxy) is 5. The molecule has 0 saturated carbocycles. The molecule has 0 aliphatic rings. The van der Waals surface area contributed by atoms with Crippen LogP contribution in [-0.4, -0.2) is 53.9 Å². The zero-order valence-corrected chi connectivity index (χ0v) is 12.5. The van der Waals surface area contributed by atoms with Crippen molar-refractivity contribution in [2.45, 2.75) is 0 Å². The smallest absolute Gasteiger partial charge is 0.140 e. The Morgan fingerprint density at radius 2 is 1.62 bits per heavy atom. The molecule has 0 heterocycles. The lowest BCUT2D eigenvalue weighted by Crippen LogP contribution is -2.12. The quantitative estimate of drug-likeness (QED) is 0.578. The van der Waals surface area contributed by atoms with Gasteiger partial charge in [0.05, 0.1) is 45.7 Å². The van der Waals surface area contributed by atoms with E-state index in [0.717, 1.165) is 0 Å². The molecule has 0 unspecified atom stereocenters. The maximum Gasteiger partial charge on any atom is 0.140 e. The average Bonchev–Trinajstić information content (AvgIpc) is 2.53. The van der Waals surface area contributed by atoms with Crippen LogP contribution in [0.4, 0.5) is 0 Å². The van der Waals surface area contributed by atoms with E-state index in [4.69, 9.17) is 28.9 Å². The predicted molar refractivity (Wildman–Crippen MR) is 76.7 cm³/mol. The van der Waals surface area contributed by atoms with Crippen molar-refractivity contribution >= 4 is 0 Å². The molecule has 6 nitrogen and oxygen atoms in total. The molecule has 1 aromatic carbocycles. The van der Waals surface area contributed by atoms with Gasteiger partial charge in [-0.3, -0.25) is 0 Å². The van der Waals surface area contributed by atoms with E-state index in [1.54, 1.807) is 32.4 Å². The molecular formula is C15H21NO5. The van der Waals surface area contributed by atoms with Crippen LogP contribution in [0.3, 0.4) is 0 Å². The van der Waals surface area contributed by atoms with Crippen LogP contribution in [-0.2, 0) is 14.2 Å². The second-order valence-electron chi connectivity index (χ2n) is 4.04. The first-order valence-electron chi connectivity index (χ1n) is 6.67. The average molecular weight is 295 g/mol. The minimum absolute atomic E-state index is 0.361. The highest BCUT2D eigenvalue weighted by molar-refractivity contribution is 5.47. The summed E-state index contributed by atoms with van der Waals surface area (Å²) in [4.78, 5) is 0. The second kappa shape index (κ2) is 10.9. The van der Waals surface area contributed by atoms with Crippen molar-refractivity contribution in [3.8, 4) is 17.6 Å². The van der Waals surface area contributed by atoms with Crippen LogP contribution in [0.1, 0.15) is 5.56 Å². The normalized spacial score (nSPS) is 10.1. The number of hydrogen-bond acceptors (Lipinski definition) is 6. The minimum Gasteiger partial charge on any atom is -0.497 e. The Balaban J connectivity index is 2.19. The molecular weight excluding hydrogens is 274 g/mol. The molecule has 0 aromatic heterocycles. The Morgan fingerprint density at radius 1 is 0.952 bits per heavy atom. The van der Waals surface area contributed by atoms with E-state index in [2.05, 4.69) is 6.07 Å². The fourth-order valence-corrected chi connectivity index (χ4v) is 1.52. The van der Waals surface area contributed by atoms with E-state index >= 15 is 0 Å². The van der Waals surface area contributed by atoms with Gasteiger partial charge in [0.25, 0.3) is 0 Å². The molecule has 116 valence electrons. The van der Waals surface area contributed by atoms with Crippen molar-refractivity contribution in [1.82, 2.24) is 0 Å². The summed E-state index contributed by atoms with van der Waals surface area (Å²) in [5.41, 5.74) is 0.471. The zero-order valence-electron chi connectivity index (χ0n) is 12.5. The summed E-state index contributed by atoms with van der Waals surface area (Å²) < 4.78 is 26.1. The lowest BCUT2D eigenvalue weighted by atomic mass is 10.2. The van der Waals surface area contributed by atoms with Crippen molar-refractivity contribution in [2.24, 2.45) is 0 Å². The van der Waals surface area contributed by atoms with Crippen molar-refractivity contribution in [3.05, 3.63) is 23.8 Å². The van der Waals surface area contributed by atoms with Gasteiger partial charge >= 0.3 is 0 Å². The second-order valence-corrected chi connectivity index (χ2v) is 4.04. The predicted octanol–water partition coefficient (Wildman–Crippen LogP) is 1.63. The van der Waals surface area contributed by atoms with E-state index in [1.165, 1.54) is 0 Å². The van der Waals surface area contributed by atoms with E-state index in [9.17, 15) is 0 Å². The molecule has 0 aliphatic carbocycles.